The van der Waals surface area contributed by atoms with Gasteiger partial charge in [-0.15, -0.1) is 0 Å². The van der Waals surface area contributed by atoms with Crippen molar-refractivity contribution in [2.45, 2.75) is 38.9 Å². The minimum Gasteiger partial charge on any atom is -0.472 e. The molecule has 32 heavy (non-hydrogen) atoms. The zero-order valence-electron chi connectivity index (χ0n) is 17.8. The summed E-state index contributed by atoms with van der Waals surface area (Å²) in [5.41, 5.74) is 0.435. The first kappa shape index (κ1) is 22.2. The lowest BCUT2D eigenvalue weighted by molar-refractivity contribution is 0.0275. The number of ether oxygens (including phenoxy) is 3. The predicted molar refractivity (Wildman–Crippen MR) is 118 cm³/mol. The van der Waals surface area contributed by atoms with Gasteiger partial charge in [0.15, 0.2) is 5.52 Å². The van der Waals surface area contributed by atoms with E-state index >= 15 is 0 Å². The lowest BCUT2D eigenvalue weighted by Crippen LogP contribution is -2.36. The summed E-state index contributed by atoms with van der Waals surface area (Å²) in [7, 11) is 0. The van der Waals surface area contributed by atoms with Crippen molar-refractivity contribution in [2.75, 3.05) is 13.1 Å². The van der Waals surface area contributed by atoms with Crippen molar-refractivity contribution in [1.82, 2.24) is 19.9 Å². The van der Waals surface area contributed by atoms with E-state index in [-0.39, 0.29) is 22.5 Å². The van der Waals surface area contributed by atoms with Crippen molar-refractivity contribution < 1.29 is 23.4 Å². The Labute approximate surface area is 192 Å². The van der Waals surface area contributed by atoms with Crippen LogP contribution >= 0.6 is 15.9 Å². The van der Waals surface area contributed by atoms with Crippen molar-refractivity contribution in [3.63, 3.8) is 0 Å². The second kappa shape index (κ2) is 8.85. The molecular formula is C22H22BrFN4O4. The zero-order chi connectivity index (χ0) is 22.9. The van der Waals surface area contributed by atoms with Crippen LogP contribution in [0.3, 0.4) is 0 Å². The molecule has 1 aliphatic rings. The highest BCUT2D eigenvalue weighted by molar-refractivity contribution is 9.10. The smallest absolute Gasteiger partial charge is 0.410 e. The fraction of sp³-hybridized carbons (Fsp3) is 0.364. The molecule has 1 unspecified atom stereocenters. The Bertz CT molecular complexity index is 1150. The first-order valence-corrected chi connectivity index (χ1v) is 10.9. The van der Waals surface area contributed by atoms with Crippen LogP contribution in [0.2, 0.25) is 0 Å². The van der Waals surface area contributed by atoms with Gasteiger partial charge in [-0.25, -0.2) is 19.2 Å². The van der Waals surface area contributed by atoms with Crippen molar-refractivity contribution in [3.05, 3.63) is 46.9 Å². The van der Waals surface area contributed by atoms with Crippen LogP contribution in [0.5, 0.6) is 17.5 Å². The number of rotatable bonds is 4. The second-order valence-electron chi connectivity index (χ2n) is 8.33. The fourth-order valence-electron chi connectivity index (χ4n) is 3.18. The molecule has 1 amide bonds. The van der Waals surface area contributed by atoms with Gasteiger partial charge < -0.3 is 19.1 Å². The van der Waals surface area contributed by atoms with Gasteiger partial charge in [0.2, 0.25) is 11.8 Å². The molecule has 3 heterocycles. The van der Waals surface area contributed by atoms with Gasteiger partial charge in [0.25, 0.3) is 0 Å². The first-order valence-electron chi connectivity index (χ1n) is 10.1. The third-order valence-corrected chi connectivity index (χ3v) is 5.22. The van der Waals surface area contributed by atoms with E-state index in [1.807, 2.05) is 20.8 Å². The highest BCUT2D eigenvalue weighted by Crippen LogP contribution is 2.30. The number of pyridine rings is 1. The van der Waals surface area contributed by atoms with Gasteiger partial charge >= 0.3 is 6.09 Å². The van der Waals surface area contributed by atoms with Gasteiger partial charge in [0.05, 0.1) is 16.5 Å². The van der Waals surface area contributed by atoms with Crippen molar-refractivity contribution in [3.8, 4) is 17.5 Å². The van der Waals surface area contributed by atoms with Crippen LogP contribution in [0.1, 0.15) is 27.2 Å². The third-order valence-electron chi connectivity index (χ3n) is 4.61. The topological polar surface area (TPSA) is 86.7 Å². The lowest BCUT2D eigenvalue weighted by atomic mass is 10.2. The summed E-state index contributed by atoms with van der Waals surface area (Å²) in [5.74, 6) is 0.597. The number of likely N-dealkylation sites (tertiary alicyclic amines) is 1. The number of amides is 1. The maximum Gasteiger partial charge on any atom is 0.410 e. The Balaban J connectivity index is 1.49. The summed E-state index contributed by atoms with van der Waals surface area (Å²) in [6, 6.07) is 7.77. The van der Waals surface area contributed by atoms with Crippen molar-refractivity contribution >= 4 is 33.1 Å². The number of halogens is 2. The number of aromatic nitrogens is 3. The molecule has 3 aromatic rings. The maximum atomic E-state index is 13.5. The number of fused-ring (bicyclic) bond motifs is 1. The average molecular weight is 505 g/mol. The highest BCUT2D eigenvalue weighted by Gasteiger charge is 2.31. The molecule has 1 aliphatic heterocycles. The molecule has 1 aromatic carbocycles. The first-order chi connectivity index (χ1) is 15.2. The van der Waals surface area contributed by atoms with Gasteiger partial charge in [-0.1, -0.05) is 0 Å². The molecule has 168 valence electrons. The third kappa shape index (κ3) is 5.24. The quantitative estimate of drug-likeness (QED) is 0.487. The zero-order valence-corrected chi connectivity index (χ0v) is 19.4. The number of hydrogen-bond acceptors (Lipinski definition) is 7. The minimum absolute atomic E-state index is 0.213. The molecule has 0 spiro atoms. The summed E-state index contributed by atoms with van der Waals surface area (Å²) < 4.78 is 31.0. The molecule has 8 nitrogen and oxygen atoms in total. The molecule has 0 bridgehead atoms. The van der Waals surface area contributed by atoms with E-state index < -0.39 is 11.4 Å². The Morgan fingerprint density at radius 3 is 2.78 bits per heavy atom. The van der Waals surface area contributed by atoms with E-state index in [9.17, 15) is 9.18 Å². The van der Waals surface area contributed by atoms with Gasteiger partial charge in [-0.2, -0.15) is 4.98 Å². The molecule has 1 saturated heterocycles. The van der Waals surface area contributed by atoms with Gasteiger partial charge in [-0.3, -0.25) is 0 Å². The van der Waals surface area contributed by atoms with Gasteiger partial charge in [-0.05, 0) is 61.0 Å². The number of nitrogens with zero attached hydrogens (tertiary/aromatic N) is 4. The van der Waals surface area contributed by atoms with Crippen molar-refractivity contribution in [2.24, 2.45) is 0 Å². The van der Waals surface area contributed by atoms with E-state index in [1.54, 1.807) is 17.0 Å². The molecule has 1 atom stereocenters. The Morgan fingerprint density at radius 2 is 2.03 bits per heavy atom. The van der Waals surface area contributed by atoms with E-state index in [4.69, 9.17) is 14.2 Å². The van der Waals surface area contributed by atoms with Crippen LogP contribution in [0.15, 0.2) is 41.1 Å². The van der Waals surface area contributed by atoms with E-state index in [2.05, 4.69) is 30.9 Å². The normalized spacial score (nSPS) is 16.3. The number of carbonyl (C=O) groups is 1. The minimum atomic E-state index is -0.549. The van der Waals surface area contributed by atoms with Crippen molar-refractivity contribution in [1.29, 1.82) is 0 Å². The van der Waals surface area contributed by atoms with Crippen LogP contribution in [-0.4, -0.2) is 50.7 Å². The van der Waals surface area contributed by atoms with Gasteiger partial charge in [0.1, 0.15) is 29.6 Å². The summed E-state index contributed by atoms with van der Waals surface area (Å²) in [6.07, 6.45) is 1.46. The Hall–Kier alpha value is -3.01. The second-order valence-corrected chi connectivity index (χ2v) is 9.18. The SMILES string of the molecule is CC(C)(C)OC(=O)N1CCC(Oc2ccc3ncnc(Oc4ccc(F)c(Br)c4)c3n2)C1. The number of benzene rings is 1. The Kier molecular flexibility index (Phi) is 6.14. The lowest BCUT2D eigenvalue weighted by Gasteiger charge is -2.24. The summed E-state index contributed by atoms with van der Waals surface area (Å²) in [5, 5.41) is 0. The van der Waals surface area contributed by atoms with E-state index in [0.717, 1.165) is 0 Å². The maximum absolute atomic E-state index is 13.5. The largest absolute Gasteiger partial charge is 0.472 e. The molecule has 0 radical (unpaired) electrons. The fourth-order valence-corrected chi connectivity index (χ4v) is 3.54. The molecule has 1 fully saturated rings. The monoisotopic (exact) mass is 504 g/mol. The van der Waals surface area contributed by atoms with E-state index in [1.165, 1.54) is 24.5 Å². The Morgan fingerprint density at radius 1 is 1.22 bits per heavy atom. The molecule has 0 saturated carbocycles. The van der Waals surface area contributed by atoms with Crippen LogP contribution in [0.4, 0.5) is 9.18 Å². The molecule has 4 rings (SSSR count). The van der Waals surface area contributed by atoms with Crippen LogP contribution in [0.25, 0.3) is 11.0 Å². The molecule has 2 aromatic heterocycles. The molecule has 10 heteroatoms. The summed E-state index contributed by atoms with van der Waals surface area (Å²) >= 11 is 3.14. The molecular weight excluding hydrogens is 483 g/mol. The summed E-state index contributed by atoms with van der Waals surface area (Å²) in [6.45, 7) is 6.46. The predicted octanol–water partition coefficient (Wildman–Crippen LogP) is 5.11. The average Bonchev–Trinajstić information content (AvgIpc) is 3.19. The van der Waals surface area contributed by atoms with Crippen LogP contribution < -0.4 is 9.47 Å². The molecule has 0 N–H and O–H groups in total. The van der Waals surface area contributed by atoms with Gasteiger partial charge in [0, 0.05) is 19.0 Å². The number of carbonyl (C=O) groups excluding carboxylic acids is 1. The van der Waals surface area contributed by atoms with Crippen LogP contribution in [-0.2, 0) is 4.74 Å². The van der Waals surface area contributed by atoms with Crippen LogP contribution in [0, 0.1) is 5.82 Å². The van der Waals surface area contributed by atoms with E-state index in [0.29, 0.717) is 42.2 Å². The highest BCUT2D eigenvalue weighted by atomic mass is 79.9. The molecule has 0 aliphatic carbocycles. The summed E-state index contributed by atoms with van der Waals surface area (Å²) in [4.78, 5) is 26.8. The number of hydrogen-bond donors (Lipinski definition) is 0. The standard InChI is InChI=1S/C22H22BrFN4O4/c1-22(2,3)32-21(29)28-9-8-14(11-28)30-18-7-6-17-19(27-18)20(26-12-25-17)31-13-4-5-16(24)15(23)10-13/h4-7,10,12,14H,8-9,11H2,1-3H3.